The van der Waals surface area contributed by atoms with E-state index in [2.05, 4.69) is 10.4 Å². The zero-order valence-electron chi connectivity index (χ0n) is 15.4. The maximum atomic E-state index is 12.5. The molecule has 0 atom stereocenters. The summed E-state index contributed by atoms with van der Waals surface area (Å²) in [5, 5.41) is 16.9. The smallest absolute Gasteiger partial charge is 0.303 e. The predicted octanol–water partition coefficient (Wildman–Crippen LogP) is 4.69. The zero-order chi connectivity index (χ0) is 20.1. The van der Waals surface area contributed by atoms with E-state index in [1.54, 1.807) is 16.8 Å². The number of anilines is 1. The largest absolute Gasteiger partial charge is 0.481 e. The van der Waals surface area contributed by atoms with E-state index in [-0.39, 0.29) is 25.2 Å². The van der Waals surface area contributed by atoms with Gasteiger partial charge >= 0.3 is 5.97 Å². The number of amides is 1. The number of aromatic nitrogens is 2. The number of rotatable bonds is 7. The van der Waals surface area contributed by atoms with Crippen molar-refractivity contribution in [2.45, 2.75) is 26.2 Å². The summed E-state index contributed by atoms with van der Waals surface area (Å²) in [4.78, 5) is 23.2. The second-order valence-electron chi connectivity index (χ2n) is 6.36. The highest BCUT2D eigenvalue weighted by molar-refractivity contribution is 6.30. The molecule has 1 aromatic heterocycles. The Bertz CT molecular complexity index is 999. The Morgan fingerprint density at radius 1 is 1.11 bits per heavy atom. The number of carbonyl (C=O) groups is 2. The minimum absolute atomic E-state index is 0.0501. The van der Waals surface area contributed by atoms with E-state index in [1.807, 2.05) is 49.4 Å². The van der Waals surface area contributed by atoms with Gasteiger partial charge in [-0.25, -0.2) is 4.68 Å². The Morgan fingerprint density at radius 2 is 1.86 bits per heavy atom. The molecule has 2 N–H and O–H groups in total. The van der Waals surface area contributed by atoms with Gasteiger partial charge in [0.05, 0.1) is 11.4 Å². The van der Waals surface area contributed by atoms with Crippen molar-refractivity contribution < 1.29 is 14.7 Å². The maximum Gasteiger partial charge on any atom is 0.303 e. The molecule has 1 amide bonds. The number of carboxylic acid groups (broad SMARTS) is 1. The van der Waals surface area contributed by atoms with Crippen molar-refractivity contribution >= 4 is 29.3 Å². The second kappa shape index (κ2) is 8.71. The molecule has 0 unspecified atom stereocenters. The third-order valence-corrected chi connectivity index (χ3v) is 4.46. The average molecular weight is 398 g/mol. The number of nitrogens with zero attached hydrogens (tertiary/aromatic N) is 2. The van der Waals surface area contributed by atoms with E-state index in [9.17, 15) is 9.59 Å². The molecule has 0 aliphatic heterocycles. The van der Waals surface area contributed by atoms with Crippen LogP contribution in [0.3, 0.4) is 0 Å². The molecule has 0 aliphatic rings. The molecular weight excluding hydrogens is 378 g/mol. The molecule has 0 spiro atoms. The van der Waals surface area contributed by atoms with Crippen LogP contribution in [0.4, 0.5) is 5.82 Å². The van der Waals surface area contributed by atoms with Crippen LogP contribution < -0.4 is 5.32 Å². The monoisotopic (exact) mass is 397 g/mol. The van der Waals surface area contributed by atoms with Crippen molar-refractivity contribution in [3.8, 4) is 16.8 Å². The summed E-state index contributed by atoms with van der Waals surface area (Å²) < 4.78 is 1.65. The highest BCUT2D eigenvalue weighted by atomic mass is 35.5. The van der Waals surface area contributed by atoms with E-state index in [4.69, 9.17) is 16.7 Å². The number of carboxylic acids is 1. The fourth-order valence-electron chi connectivity index (χ4n) is 2.98. The van der Waals surface area contributed by atoms with Crippen LogP contribution >= 0.6 is 11.6 Å². The summed E-state index contributed by atoms with van der Waals surface area (Å²) in [5.74, 6) is -0.648. The molecule has 0 bridgehead atoms. The Hall–Kier alpha value is -3.12. The molecule has 0 saturated carbocycles. The number of hydrogen-bond acceptors (Lipinski definition) is 3. The Balaban J connectivity index is 2.01. The van der Waals surface area contributed by atoms with Crippen LogP contribution in [0.2, 0.25) is 5.02 Å². The van der Waals surface area contributed by atoms with Gasteiger partial charge in [0.25, 0.3) is 0 Å². The quantitative estimate of drug-likeness (QED) is 0.605. The topological polar surface area (TPSA) is 84.2 Å². The number of benzene rings is 2. The summed E-state index contributed by atoms with van der Waals surface area (Å²) in [6.07, 6.45) is 0.331. The fourth-order valence-corrected chi connectivity index (χ4v) is 3.17. The SMILES string of the molecule is Cc1nn(-c2cccc(Cl)c2)c(NC(=O)CCCC(=O)O)c1-c1ccccc1. The highest BCUT2D eigenvalue weighted by Crippen LogP contribution is 2.34. The first-order chi connectivity index (χ1) is 13.5. The lowest BCUT2D eigenvalue weighted by Gasteiger charge is -2.12. The molecule has 28 heavy (non-hydrogen) atoms. The van der Waals surface area contributed by atoms with Gasteiger partial charge in [0.1, 0.15) is 5.82 Å². The van der Waals surface area contributed by atoms with Crippen LogP contribution in [0, 0.1) is 6.92 Å². The Kier molecular flexibility index (Phi) is 6.11. The van der Waals surface area contributed by atoms with Crippen LogP contribution in [0.15, 0.2) is 54.6 Å². The summed E-state index contributed by atoms with van der Waals surface area (Å²) in [5.41, 5.74) is 3.21. The van der Waals surface area contributed by atoms with E-state index in [0.29, 0.717) is 10.8 Å². The number of hydrogen-bond donors (Lipinski definition) is 2. The van der Waals surface area contributed by atoms with Gasteiger partial charge in [0.15, 0.2) is 0 Å². The maximum absolute atomic E-state index is 12.5. The van der Waals surface area contributed by atoms with E-state index in [1.165, 1.54) is 0 Å². The summed E-state index contributed by atoms with van der Waals surface area (Å²) >= 11 is 6.13. The minimum atomic E-state index is -0.919. The van der Waals surface area contributed by atoms with Gasteiger partial charge in [-0.2, -0.15) is 5.10 Å². The zero-order valence-corrected chi connectivity index (χ0v) is 16.1. The molecule has 6 nitrogen and oxygen atoms in total. The molecule has 7 heteroatoms. The molecular formula is C21H20ClN3O3. The van der Waals surface area contributed by atoms with Crippen molar-refractivity contribution in [1.82, 2.24) is 9.78 Å². The Morgan fingerprint density at radius 3 is 2.54 bits per heavy atom. The van der Waals surface area contributed by atoms with Crippen molar-refractivity contribution in [3.63, 3.8) is 0 Å². The predicted molar refractivity (Wildman–Crippen MR) is 109 cm³/mol. The third-order valence-electron chi connectivity index (χ3n) is 4.23. The van der Waals surface area contributed by atoms with Crippen LogP contribution in [0.5, 0.6) is 0 Å². The molecule has 0 fully saturated rings. The van der Waals surface area contributed by atoms with Crippen molar-refractivity contribution in [1.29, 1.82) is 0 Å². The molecule has 2 aromatic carbocycles. The minimum Gasteiger partial charge on any atom is -0.481 e. The van der Waals surface area contributed by atoms with Crippen LogP contribution in [-0.4, -0.2) is 26.8 Å². The van der Waals surface area contributed by atoms with E-state index in [0.717, 1.165) is 22.5 Å². The molecule has 0 radical (unpaired) electrons. The fraction of sp³-hybridized carbons (Fsp3) is 0.190. The number of halogens is 1. The first-order valence-electron chi connectivity index (χ1n) is 8.88. The summed E-state index contributed by atoms with van der Waals surface area (Å²) in [7, 11) is 0. The lowest BCUT2D eigenvalue weighted by Crippen LogP contribution is -2.15. The number of nitrogens with one attached hydrogen (secondary N) is 1. The summed E-state index contributed by atoms with van der Waals surface area (Å²) in [6, 6.07) is 16.9. The Labute approximate surface area is 167 Å². The molecule has 1 heterocycles. The van der Waals surface area contributed by atoms with Crippen molar-refractivity contribution in [2.24, 2.45) is 0 Å². The van der Waals surface area contributed by atoms with Gasteiger partial charge in [-0.3, -0.25) is 9.59 Å². The second-order valence-corrected chi connectivity index (χ2v) is 6.80. The van der Waals surface area contributed by atoms with Crippen LogP contribution in [0.1, 0.15) is 25.0 Å². The average Bonchev–Trinajstić information content (AvgIpc) is 2.98. The third kappa shape index (κ3) is 4.58. The van der Waals surface area contributed by atoms with Crippen LogP contribution in [0.25, 0.3) is 16.8 Å². The van der Waals surface area contributed by atoms with Gasteiger partial charge in [0.2, 0.25) is 5.91 Å². The van der Waals surface area contributed by atoms with Gasteiger partial charge in [-0.05, 0) is 37.1 Å². The van der Waals surface area contributed by atoms with E-state index < -0.39 is 5.97 Å². The normalized spacial score (nSPS) is 10.6. The van der Waals surface area contributed by atoms with Crippen molar-refractivity contribution in [3.05, 3.63) is 65.3 Å². The highest BCUT2D eigenvalue weighted by Gasteiger charge is 2.20. The molecule has 0 saturated heterocycles. The standard InChI is InChI=1S/C21H20ClN3O3/c1-14-20(15-7-3-2-4-8-15)21(23-18(26)11-6-12-19(27)28)25(24-14)17-10-5-9-16(22)13-17/h2-5,7-10,13H,6,11-12H2,1H3,(H,23,26)(H,27,28). The molecule has 144 valence electrons. The van der Waals surface area contributed by atoms with Crippen LogP contribution in [-0.2, 0) is 9.59 Å². The lowest BCUT2D eigenvalue weighted by atomic mass is 10.1. The number of carbonyl (C=O) groups excluding carboxylic acids is 1. The van der Waals surface area contributed by atoms with E-state index >= 15 is 0 Å². The molecule has 3 aromatic rings. The van der Waals surface area contributed by atoms with Gasteiger partial charge in [-0.15, -0.1) is 0 Å². The number of aryl methyl sites for hydroxylation is 1. The first kappa shape index (κ1) is 19.6. The number of aliphatic carboxylic acids is 1. The van der Waals surface area contributed by atoms with Crippen molar-refractivity contribution in [2.75, 3.05) is 5.32 Å². The summed E-state index contributed by atoms with van der Waals surface area (Å²) in [6.45, 7) is 1.88. The van der Waals surface area contributed by atoms with Gasteiger partial charge in [0, 0.05) is 23.4 Å². The molecule has 3 rings (SSSR count). The molecule has 0 aliphatic carbocycles. The van der Waals surface area contributed by atoms with Gasteiger partial charge < -0.3 is 10.4 Å². The first-order valence-corrected chi connectivity index (χ1v) is 9.26. The lowest BCUT2D eigenvalue weighted by molar-refractivity contribution is -0.137. The van der Waals surface area contributed by atoms with Gasteiger partial charge in [-0.1, -0.05) is 48.0 Å².